The van der Waals surface area contributed by atoms with E-state index in [0.717, 1.165) is 0 Å². The highest BCUT2D eigenvalue weighted by Gasteiger charge is 2.16. The summed E-state index contributed by atoms with van der Waals surface area (Å²) in [4.78, 5) is 23.8. The van der Waals surface area contributed by atoms with Gasteiger partial charge in [-0.05, 0) is 18.2 Å². The summed E-state index contributed by atoms with van der Waals surface area (Å²) < 4.78 is 20.2. The maximum atomic E-state index is 12.2. The van der Waals surface area contributed by atoms with Crippen LogP contribution in [0.2, 0.25) is 0 Å². The fourth-order valence-corrected chi connectivity index (χ4v) is 1.70. The van der Waals surface area contributed by atoms with Crippen LogP contribution in [0, 0.1) is 11.3 Å². The predicted octanol–water partition coefficient (Wildman–Crippen LogP) is 1.37. The van der Waals surface area contributed by atoms with Gasteiger partial charge in [-0.25, -0.2) is 4.79 Å². The first-order valence-corrected chi connectivity index (χ1v) is 7.21. The second-order valence-electron chi connectivity index (χ2n) is 4.56. The highest BCUT2D eigenvalue weighted by atomic mass is 16.6. The van der Waals surface area contributed by atoms with Crippen LogP contribution >= 0.6 is 0 Å². The molecule has 0 radical (unpaired) electrons. The largest absolute Gasteiger partial charge is 0.491 e. The second-order valence-corrected chi connectivity index (χ2v) is 4.56. The maximum Gasteiger partial charge on any atom is 0.340 e. The van der Waals surface area contributed by atoms with Crippen molar-refractivity contribution in [1.82, 2.24) is 0 Å². The molecule has 0 atom stereocenters. The third-order valence-electron chi connectivity index (χ3n) is 2.80. The van der Waals surface area contributed by atoms with Crippen molar-refractivity contribution in [1.29, 1.82) is 5.26 Å². The standard InChI is InChI=1S/C16H20N2O6/c1-21-7-9-23-12-3-4-14(18-15(19)5-6-17)13(11-12)16(20)24-10-8-22-2/h3-4,11H,5,7-10H2,1-2H3,(H,18,19). The van der Waals surface area contributed by atoms with Gasteiger partial charge in [0.15, 0.2) is 0 Å². The van der Waals surface area contributed by atoms with Crippen LogP contribution in [0.25, 0.3) is 0 Å². The highest BCUT2D eigenvalue weighted by molar-refractivity contribution is 6.02. The molecular formula is C16H20N2O6. The molecule has 0 aliphatic rings. The number of nitriles is 1. The van der Waals surface area contributed by atoms with Crippen molar-refractivity contribution in [2.24, 2.45) is 0 Å². The molecule has 1 N–H and O–H groups in total. The van der Waals surface area contributed by atoms with Crippen LogP contribution < -0.4 is 10.1 Å². The normalized spacial score (nSPS) is 9.88. The third-order valence-corrected chi connectivity index (χ3v) is 2.80. The zero-order chi connectivity index (χ0) is 17.8. The van der Waals surface area contributed by atoms with Gasteiger partial charge in [0.2, 0.25) is 5.91 Å². The van der Waals surface area contributed by atoms with Gasteiger partial charge in [-0.15, -0.1) is 0 Å². The van der Waals surface area contributed by atoms with Crippen LogP contribution in [-0.4, -0.2) is 52.5 Å². The van der Waals surface area contributed by atoms with Crippen LogP contribution in [0.5, 0.6) is 5.75 Å². The minimum absolute atomic E-state index is 0.0790. The number of esters is 1. The van der Waals surface area contributed by atoms with E-state index in [-0.39, 0.29) is 30.9 Å². The molecule has 0 saturated carbocycles. The van der Waals surface area contributed by atoms with Crippen molar-refractivity contribution in [3.63, 3.8) is 0 Å². The third kappa shape index (κ3) is 6.64. The van der Waals surface area contributed by atoms with Crippen molar-refractivity contribution in [2.75, 3.05) is 46.0 Å². The molecule has 130 valence electrons. The molecule has 0 aliphatic heterocycles. The lowest BCUT2D eigenvalue weighted by Gasteiger charge is -2.13. The van der Waals surface area contributed by atoms with Crippen LogP contribution in [0.3, 0.4) is 0 Å². The number of methoxy groups -OCH3 is 2. The quantitative estimate of drug-likeness (QED) is 0.508. The molecule has 0 fully saturated rings. The van der Waals surface area contributed by atoms with Crippen LogP contribution in [0.15, 0.2) is 18.2 Å². The number of hydrogen-bond donors (Lipinski definition) is 1. The van der Waals surface area contributed by atoms with Crippen molar-refractivity contribution >= 4 is 17.6 Å². The van der Waals surface area contributed by atoms with E-state index in [2.05, 4.69) is 5.32 Å². The van der Waals surface area contributed by atoms with Crippen LogP contribution in [0.4, 0.5) is 5.69 Å². The Kier molecular flexibility index (Phi) is 8.89. The number of nitrogens with zero attached hydrogens (tertiary/aromatic N) is 1. The zero-order valence-corrected chi connectivity index (χ0v) is 13.7. The van der Waals surface area contributed by atoms with Gasteiger partial charge in [0.1, 0.15) is 25.4 Å². The molecule has 1 aromatic carbocycles. The van der Waals surface area contributed by atoms with Gasteiger partial charge in [0.25, 0.3) is 0 Å². The van der Waals surface area contributed by atoms with Crippen molar-refractivity contribution < 1.29 is 28.5 Å². The Morgan fingerprint density at radius 2 is 1.83 bits per heavy atom. The smallest absolute Gasteiger partial charge is 0.340 e. The van der Waals surface area contributed by atoms with E-state index in [1.807, 2.05) is 0 Å². The topological polar surface area (TPSA) is 107 Å². The predicted molar refractivity (Wildman–Crippen MR) is 84.8 cm³/mol. The van der Waals surface area contributed by atoms with Gasteiger partial charge >= 0.3 is 5.97 Å². The average molecular weight is 336 g/mol. The van der Waals surface area contributed by atoms with E-state index in [1.165, 1.54) is 19.2 Å². The Bertz CT molecular complexity index is 597. The van der Waals surface area contributed by atoms with E-state index >= 15 is 0 Å². The summed E-state index contributed by atoms with van der Waals surface area (Å²) >= 11 is 0. The van der Waals surface area contributed by atoms with E-state index in [1.54, 1.807) is 19.2 Å². The lowest BCUT2D eigenvalue weighted by molar-refractivity contribution is -0.115. The molecule has 0 spiro atoms. The SMILES string of the molecule is COCCOC(=O)c1cc(OCCOC)ccc1NC(=O)CC#N. The number of carbonyl (C=O) groups is 2. The molecule has 0 aromatic heterocycles. The van der Waals surface area contributed by atoms with Crippen molar-refractivity contribution in [3.8, 4) is 11.8 Å². The first kappa shape index (κ1) is 19.4. The highest BCUT2D eigenvalue weighted by Crippen LogP contribution is 2.23. The van der Waals surface area contributed by atoms with Gasteiger partial charge in [0, 0.05) is 14.2 Å². The molecule has 1 aromatic rings. The minimum atomic E-state index is -0.628. The molecule has 24 heavy (non-hydrogen) atoms. The van der Waals surface area contributed by atoms with Gasteiger partial charge in [-0.3, -0.25) is 4.79 Å². The number of hydrogen-bond acceptors (Lipinski definition) is 7. The van der Waals surface area contributed by atoms with Crippen molar-refractivity contribution in [3.05, 3.63) is 23.8 Å². The molecule has 8 heteroatoms. The van der Waals surface area contributed by atoms with Gasteiger partial charge in [-0.1, -0.05) is 0 Å². The van der Waals surface area contributed by atoms with Gasteiger partial charge in [0.05, 0.1) is 30.5 Å². The van der Waals surface area contributed by atoms with E-state index in [9.17, 15) is 9.59 Å². The molecule has 0 unspecified atom stereocenters. The second kappa shape index (κ2) is 11.0. The van der Waals surface area contributed by atoms with E-state index in [0.29, 0.717) is 19.0 Å². The van der Waals surface area contributed by atoms with Crippen LogP contribution in [-0.2, 0) is 19.0 Å². The van der Waals surface area contributed by atoms with Gasteiger partial charge < -0.3 is 24.3 Å². The summed E-state index contributed by atoms with van der Waals surface area (Å²) in [6, 6.07) is 6.32. The number of anilines is 1. The molecule has 1 rings (SSSR count). The number of carbonyl (C=O) groups excluding carboxylic acids is 2. The van der Waals surface area contributed by atoms with E-state index in [4.69, 9.17) is 24.2 Å². The van der Waals surface area contributed by atoms with Crippen molar-refractivity contribution in [2.45, 2.75) is 6.42 Å². The first-order valence-electron chi connectivity index (χ1n) is 7.21. The lowest BCUT2D eigenvalue weighted by Crippen LogP contribution is -2.16. The summed E-state index contributed by atoms with van der Waals surface area (Å²) in [5.41, 5.74) is 0.379. The molecular weight excluding hydrogens is 316 g/mol. The molecule has 1 amide bonds. The zero-order valence-electron chi connectivity index (χ0n) is 13.7. The Balaban J connectivity index is 2.92. The Labute approximate surface area is 140 Å². The van der Waals surface area contributed by atoms with E-state index < -0.39 is 11.9 Å². The molecule has 0 aliphatic carbocycles. The summed E-state index contributed by atoms with van der Waals surface area (Å²) in [7, 11) is 3.04. The summed E-state index contributed by atoms with van der Waals surface area (Å²) in [6.07, 6.45) is -0.315. The fourth-order valence-electron chi connectivity index (χ4n) is 1.70. The monoisotopic (exact) mass is 336 g/mol. The summed E-state index contributed by atoms with van der Waals surface area (Å²) in [5.74, 6) is -0.711. The molecule has 0 bridgehead atoms. The number of amides is 1. The number of ether oxygens (including phenoxy) is 4. The Morgan fingerprint density at radius 3 is 2.50 bits per heavy atom. The summed E-state index contributed by atoms with van der Waals surface area (Å²) in [6.45, 7) is 1.05. The Morgan fingerprint density at radius 1 is 1.12 bits per heavy atom. The lowest BCUT2D eigenvalue weighted by atomic mass is 10.1. The molecule has 0 saturated heterocycles. The van der Waals surface area contributed by atoms with Crippen LogP contribution in [0.1, 0.15) is 16.8 Å². The molecule has 0 heterocycles. The number of nitrogens with one attached hydrogen (secondary N) is 1. The summed E-state index contributed by atoms with van der Waals surface area (Å²) in [5, 5.41) is 11.1. The first-order chi connectivity index (χ1) is 11.6. The number of rotatable bonds is 10. The minimum Gasteiger partial charge on any atom is -0.491 e. The number of benzene rings is 1. The molecule has 8 nitrogen and oxygen atoms in total. The average Bonchev–Trinajstić information content (AvgIpc) is 2.56. The maximum absolute atomic E-state index is 12.2. The fraction of sp³-hybridized carbons (Fsp3) is 0.438. The van der Waals surface area contributed by atoms with Gasteiger partial charge in [-0.2, -0.15) is 5.26 Å². The Hall–Kier alpha value is -2.63.